The summed E-state index contributed by atoms with van der Waals surface area (Å²) >= 11 is 1.85. The largest absolute Gasteiger partial charge is 0.244 e. The van der Waals surface area contributed by atoms with Crippen molar-refractivity contribution < 1.29 is 4.57 Å². The van der Waals surface area contributed by atoms with Gasteiger partial charge in [-0.25, -0.2) is 9.13 Å². The van der Waals surface area contributed by atoms with Crippen molar-refractivity contribution in [3.63, 3.8) is 0 Å². The first-order valence-electron chi connectivity index (χ1n) is 5.40. The van der Waals surface area contributed by atoms with Crippen LogP contribution in [0.2, 0.25) is 0 Å². The molecule has 0 bridgehead atoms. The van der Waals surface area contributed by atoms with Crippen molar-refractivity contribution in [2.24, 2.45) is 0 Å². The lowest BCUT2D eigenvalue weighted by Crippen LogP contribution is -2.28. The fourth-order valence-electron chi connectivity index (χ4n) is 1.52. The number of hydrogen-bond donors (Lipinski definition) is 0. The molecule has 3 heteroatoms. The van der Waals surface area contributed by atoms with Crippen LogP contribution in [-0.4, -0.2) is 10.8 Å². The molecule has 14 heavy (non-hydrogen) atoms. The number of thioether (sulfide) groups is 1. The summed E-state index contributed by atoms with van der Waals surface area (Å²) in [7, 11) is 0. The zero-order valence-corrected chi connectivity index (χ0v) is 10.1. The maximum atomic E-state index is 2.28. The molecule has 0 aliphatic heterocycles. The Hall–Kier alpha value is -0.440. The minimum absolute atomic E-state index is 1.06. The van der Waals surface area contributed by atoms with E-state index in [4.69, 9.17) is 0 Å². The molecule has 0 saturated carbocycles. The molecule has 1 rings (SSSR count). The topological polar surface area (TPSA) is 8.81 Å². The standard InChI is InChI=1S/C11H21N2S/c1-3-4-5-6-7-12-8-9-13(10-12)11-14-2/h8-10H,3-7,11H2,1-2H3/q+1. The molecule has 0 saturated heterocycles. The summed E-state index contributed by atoms with van der Waals surface area (Å²) in [5, 5.41) is 0. The van der Waals surface area contributed by atoms with Gasteiger partial charge in [-0.2, -0.15) is 0 Å². The predicted molar refractivity (Wildman–Crippen MR) is 62.3 cm³/mol. The van der Waals surface area contributed by atoms with Crippen molar-refractivity contribution in [1.29, 1.82) is 0 Å². The summed E-state index contributed by atoms with van der Waals surface area (Å²) in [5.74, 6) is 1.06. The Morgan fingerprint density at radius 2 is 2.14 bits per heavy atom. The molecule has 1 aromatic rings. The van der Waals surface area contributed by atoms with Gasteiger partial charge in [0.1, 0.15) is 18.3 Å². The van der Waals surface area contributed by atoms with E-state index >= 15 is 0 Å². The van der Waals surface area contributed by atoms with Crippen LogP contribution in [0.3, 0.4) is 0 Å². The lowest BCUT2D eigenvalue weighted by Gasteiger charge is -1.96. The van der Waals surface area contributed by atoms with Gasteiger partial charge in [0.2, 0.25) is 6.33 Å². The fraction of sp³-hybridized carbons (Fsp3) is 0.727. The van der Waals surface area contributed by atoms with Gasteiger partial charge in [0.05, 0.1) is 6.54 Å². The van der Waals surface area contributed by atoms with Gasteiger partial charge < -0.3 is 0 Å². The highest BCUT2D eigenvalue weighted by Gasteiger charge is 2.01. The molecule has 1 heterocycles. The van der Waals surface area contributed by atoms with Crippen LogP contribution in [0.4, 0.5) is 0 Å². The zero-order chi connectivity index (χ0) is 10.2. The van der Waals surface area contributed by atoms with Gasteiger partial charge in [0.15, 0.2) is 0 Å². The number of unbranched alkanes of at least 4 members (excludes halogenated alkanes) is 3. The summed E-state index contributed by atoms with van der Waals surface area (Å²) in [6.07, 6.45) is 14.0. The number of imidazole rings is 1. The summed E-state index contributed by atoms with van der Waals surface area (Å²) in [6.45, 7) is 3.42. The molecule has 0 fully saturated rings. The van der Waals surface area contributed by atoms with Crippen molar-refractivity contribution in [2.75, 3.05) is 6.26 Å². The van der Waals surface area contributed by atoms with E-state index in [-0.39, 0.29) is 0 Å². The Labute approximate surface area is 91.3 Å². The molecule has 80 valence electrons. The van der Waals surface area contributed by atoms with E-state index in [2.05, 4.69) is 41.0 Å². The molecule has 0 unspecified atom stereocenters. The predicted octanol–water partition coefficient (Wildman–Crippen LogP) is 2.68. The van der Waals surface area contributed by atoms with E-state index in [0.29, 0.717) is 0 Å². The lowest BCUT2D eigenvalue weighted by atomic mass is 10.2. The van der Waals surface area contributed by atoms with E-state index in [1.54, 1.807) is 0 Å². The molecule has 0 aliphatic rings. The Balaban J connectivity index is 2.22. The molecular formula is C11H21N2S+. The average molecular weight is 213 g/mol. The van der Waals surface area contributed by atoms with Crippen LogP contribution >= 0.6 is 11.8 Å². The van der Waals surface area contributed by atoms with E-state index in [9.17, 15) is 0 Å². The van der Waals surface area contributed by atoms with Crippen molar-refractivity contribution in [2.45, 2.75) is 45.0 Å². The van der Waals surface area contributed by atoms with E-state index in [1.165, 1.54) is 32.2 Å². The third-order valence-electron chi connectivity index (χ3n) is 2.29. The minimum atomic E-state index is 1.06. The Bertz CT molecular complexity index is 245. The van der Waals surface area contributed by atoms with Crippen molar-refractivity contribution in [3.8, 4) is 0 Å². The van der Waals surface area contributed by atoms with Gasteiger partial charge in [-0.3, -0.25) is 0 Å². The zero-order valence-electron chi connectivity index (χ0n) is 9.28. The number of rotatable bonds is 7. The third-order valence-corrected chi connectivity index (χ3v) is 2.85. The van der Waals surface area contributed by atoms with Crippen LogP contribution in [0.15, 0.2) is 18.7 Å². The number of aryl methyl sites for hydroxylation is 1. The average Bonchev–Trinajstić information content (AvgIpc) is 2.61. The minimum Gasteiger partial charge on any atom is -0.237 e. The highest BCUT2D eigenvalue weighted by Crippen LogP contribution is 2.01. The lowest BCUT2D eigenvalue weighted by molar-refractivity contribution is -0.675. The molecule has 0 amide bonds. The van der Waals surface area contributed by atoms with Crippen molar-refractivity contribution in [3.05, 3.63) is 18.7 Å². The maximum absolute atomic E-state index is 2.28. The molecule has 0 atom stereocenters. The summed E-state index contributed by atoms with van der Waals surface area (Å²) in [6, 6.07) is 0. The van der Waals surface area contributed by atoms with Crippen molar-refractivity contribution in [1.82, 2.24) is 4.57 Å². The second-order valence-corrected chi connectivity index (χ2v) is 4.48. The Morgan fingerprint density at radius 1 is 1.29 bits per heavy atom. The first-order chi connectivity index (χ1) is 6.86. The maximum Gasteiger partial charge on any atom is 0.244 e. The molecule has 0 N–H and O–H groups in total. The normalized spacial score (nSPS) is 10.7. The van der Waals surface area contributed by atoms with E-state index < -0.39 is 0 Å². The van der Waals surface area contributed by atoms with Crippen LogP contribution in [0.1, 0.15) is 32.6 Å². The molecular weight excluding hydrogens is 192 g/mol. The number of nitrogens with zero attached hydrogens (tertiary/aromatic N) is 2. The highest BCUT2D eigenvalue weighted by atomic mass is 32.2. The third kappa shape index (κ3) is 4.18. The second-order valence-electron chi connectivity index (χ2n) is 3.64. The molecule has 1 aromatic heterocycles. The van der Waals surface area contributed by atoms with Gasteiger partial charge in [0.25, 0.3) is 0 Å². The van der Waals surface area contributed by atoms with Crippen LogP contribution in [0.5, 0.6) is 0 Å². The SMILES string of the molecule is CCCCCCn1cc[n+](CSC)c1. The van der Waals surface area contributed by atoms with Gasteiger partial charge in [-0.1, -0.05) is 19.8 Å². The molecule has 0 aromatic carbocycles. The van der Waals surface area contributed by atoms with Crippen LogP contribution in [0, 0.1) is 0 Å². The molecule has 0 radical (unpaired) electrons. The van der Waals surface area contributed by atoms with E-state index in [1.807, 2.05) is 11.8 Å². The number of hydrogen-bond acceptors (Lipinski definition) is 1. The van der Waals surface area contributed by atoms with Crippen molar-refractivity contribution >= 4 is 11.8 Å². The van der Waals surface area contributed by atoms with Gasteiger partial charge in [0, 0.05) is 0 Å². The monoisotopic (exact) mass is 213 g/mol. The Morgan fingerprint density at radius 3 is 2.86 bits per heavy atom. The second kappa shape index (κ2) is 6.93. The van der Waals surface area contributed by atoms with Crippen LogP contribution in [-0.2, 0) is 12.4 Å². The summed E-state index contributed by atoms with van der Waals surface area (Å²) in [4.78, 5) is 0. The quantitative estimate of drug-likeness (QED) is 0.499. The molecule has 0 spiro atoms. The number of aromatic nitrogens is 2. The van der Waals surface area contributed by atoms with Crippen LogP contribution in [0.25, 0.3) is 0 Å². The van der Waals surface area contributed by atoms with Gasteiger partial charge >= 0.3 is 0 Å². The highest BCUT2D eigenvalue weighted by molar-refractivity contribution is 7.97. The smallest absolute Gasteiger partial charge is 0.237 e. The summed E-state index contributed by atoms with van der Waals surface area (Å²) < 4.78 is 4.51. The summed E-state index contributed by atoms with van der Waals surface area (Å²) in [5.41, 5.74) is 0. The molecule has 0 aliphatic carbocycles. The van der Waals surface area contributed by atoms with E-state index in [0.717, 1.165) is 5.88 Å². The van der Waals surface area contributed by atoms with Crippen LogP contribution < -0.4 is 4.57 Å². The van der Waals surface area contributed by atoms with Gasteiger partial charge in [-0.15, -0.1) is 11.8 Å². The first kappa shape index (κ1) is 11.6. The molecule has 2 nitrogen and oxygen atoms in total. The Kier molecular flexibility index (Phi) is 5.76. The van der Waals surface area contributed by atoms with Gasteiger partial charge in [-0.05, 0) is 19.1 Å². The fourth-order valence-corrected chi connectivity index (χ4v) is 1.97. The first-order valence-corrected chi connectivity index (χ1v) is 6.80.